The number of hydrogen-bond acceptors (Lipinski definition) is 1. The summed E-state index contributed by atoms with van der Waals surface area (Å²) < 4.78 is 0. The number of aliphatic carboxylic acids is 1. The van der Waals surface area contributed by atoms with E-state index >= 15 is 0 Å². The highest BCUT2D eigenvalue weighted by Gasteiger charge is 2.40. The zero-order chi connectivity index (χ0) is 15.4. The number of benzene rings is 1. The van der Waals surface area contributed by atoms with Crippen molar-refractivity contribution in [1.29, 1.82) is 0 Å². The first-order valence-electron chi connectivity index (χ1n) is 9.05. The second-order valence-corrected chi connectivity index (χ2v) is 7.24. The maximum atomic E-state index is 12.0. The minimum absolute atomic E-state index is 0.312. The van der Waals surface area contributed by atoms with Crippen molar-refractivity contribution >= 4 is 5.97 Å². The van der Waals surface area contributed by atoms with Crippen LogP contribution in [0.3, 0.4) is 0 Å². The first kappa shape index (κ1) is 15.6. The van der Waals surface area contributed by atoms with Gasteiger partial charge in [0.05, 0.1) is 5.92 Å². The second kappa shape index (κ2) is 7.30. The van der Waals surface area contributed by atoms with E-state index in [9.17, 15) is 9.90 Å². The van der Waals surface area contributed by atoms with Crippen LogP contribution in [0.5, 0.6) is 0 Å². The first-order chi connectivity index (χ1) is 10.8. The quantitative estimate of drug-likeness (QED) is 0.825. The number of hydrogen-bond donors (Lipinski definition) is 1. The van der Waals surface area contributed by atoms with Crippen molar-refractivity contribution in [3.63, 3.8) is 0 Å². The number of rotatable bonds is 4. The summed E-state index contributed by atoms with van der Waals surface area (Å²) in [6.07, 6.45) is 11.5. The SMILES string of the molecule is O=C(O)[C@H](c1ccccc1)[C@@H]1CCCC[C@@H]1C1CCCCC1. The molecule has 3 atom stereocenters. The maximum Gasteiger partial charge on any atom is 0.311 e. The predicted octanol–water partition coefficient (Wildman–Crippen LogP) is 5.24. The smallest absolute Gasteiger partial charge is 0.311 e. The Morgan fingerprint density at radius 1 is 0.909 bits per heavy atom. The Balaban J connectivity index is 1.85. The van der Waals surface area contributed by atoms with Crippen molar-refractivity contribution in [2.75, 3.05) is 0 Å². The molecule has 3 rings (SSSR count). The molecule has 1 aromatic rings. The van der Waals surface area contributed by atoms with E-state index in [1.165, 1.54) is 51.4 Å². The van der Waals surface area contributed by atoms with Gasteiger partial charge < -0.3 is 5.11 Å². The van der Waals surface area contributed by atoms with E-state index in [4.69, 9.17) is 0 Å². The molecule has 22 heavy (non-hydrogen) atoms. The van der Waals surface area contributed by atoms with Gasteiger partial charge >= 0.3 is 5.97 Å². The Bertz CT molecular complexity index is 476. The van der Waals surface area contributed by atoms with Crippen molar-refractivity contribution < 1.29 is 9.90 Å². The van der Waals surface area contributed by atoms with Gasteiger partial charge in [-0.15, -0.1) is 0 Å². The van der Waals surface area contributed by atoms with Crippen LogP contribution >= 0.6 is 0 Å². The van der Waals surface area contributed by atoms with E-state index in [-0.39, 0.29) is 5.92 Å². The molecule has 2 fully saturated rings. The van der Waals surface area contributed by atoms with E-state index in [1.807, 2.05) is 30.3 Å². The van der Waals surface area contributed by atoms with Crippen LogP contribution in [0, 0.1) is 17.8 Å². The van der Waals surface area contributed by atoms with Gasteiger partial charge in [-0.1, -0.05) is 75.3 Å². The Morgan fingerprint density at radius 2 is 1.55 bits per heavy atom. The molecular formula is C20H28O2. The predicted molar refractivity (Wildman–Crippen MR) is 88.8 cm³/mol. The molecule has 0 aromatic heterocycles. The zero-order valence-electron chi connectivity index (χ0n) is 13.4. The highest BCUT2D eigenvalue weighted by molar-refractivity contribution is 5.76. The average Bonchev–Trinajstić information content (AvgIpc) is 2.57. The third-order valence-electron chi connectivity index (χ3n) is 5.98. The maximum absolute atomic E-state index is 12.0. The molecule has 2 saturated carbocycles. The molecule has 0 saturated heterocycles. The van der Waals surface area contributed by atoms with E-state index in [0.29, 0.717) is 11.8 Å². The van der Waals surface area contributed by atoms with Gasteiger partial charge in [-0.3, -0.25) is 4.79 Å². The zero-order valence-corrected chi connectivity index (χ0v) is 13.4. The summed E-state index contributed by atoms with van der Waals surface area (Å²) in [5, 5.41) is 9.90. The van der Waals surface area contributed by atoms with Crippen molar-refractivity contribution in [2.45, 2.75) is 63.7 Å². The molecule has 2 aliphatic rings. The highest BCUT2D eigenvalue weighted by Crippen LogP contribution is 2.47. The number of carboxylic acid groups (broad SMARTS) is 1. The molecular weight excluding hydrogens is 272 g/mol. The third kappa shape index (κ3) is 3.37. The van der Waals surface area contributed by atoms with Crippen molar-refractivity contribution in [1.82, 2.24) is 0 Å². The van der Waals surface area contributed by atoms with E-state index in [1.54, 1.807) is 0 Å². The van der Waals surface area contributed by atoms with E-state index in [2.05, 4.69) is 0 Å². The van der Waals surface area contributed by atoms with Crippen molar-refractivity contribution in [3.8, 4) is 0 Å². The fraction of sp³-hybridized carbons (Fsp3) is 0.650. The van der Waals surface area contributed by atoms with Crippen LogP contribution < -0.4 is 0 Å². The molecule has 2 nitrogen and oxygen atoms in total. The lowest BCUT2D eigenvalue weighted by molar-refractivity contribution is -0.141. The Morgan fingerprint density at radius 3 is 2.23 bits per heavy atom. The lowest BCUT2D eigenvalue weighted by Crippen LogP contribution is -2.35. The largest absolute Gasteiger partial charge is 0.481 e. The summed E-state index contributed by atoms with van der Waals surface area (Å²) in [5.74, 6) is 0.782. The van der Waals surface area contributed by atoms with Crippen molar-refractivity contribution in [3.05, 3.63) is 35.9 Å². The van der Waals surface area contributed by atoms with E-state index < -0.39 is 5.97 Å². The first-order valence-corrected chi connectivity index (χ1v) is 9.05. The van der Waals surface area contributed by atoms with Crippen LogP contribution in [0.25, 0.3) is 0 Å². The summed E-state index contributed by atoms with van der Waals surface area (Å²) in [5.41, 5.74) is 1.00. The van der Waals surface area contributed by atoms with E-state index in [0.717, 1.165) is 17.9 Å². The summed E-state index contributed by atoms with van der Waals surface area (Å²) in [4.78, 5) is 12.0. The summed E-state index contributed by atoms with van der Waals surface area (Å²) in [6.45, 7) is 0. The van der Waals surface area contributed by atoms with Gasteiger partial charge in [0.2, 0.25) is 0 Å². The van der Waals surface area contributed by atoms with Gasteiger partial charge in [0.25, 0.3) is 0 Å². The molecule has 1 aromatic carbocycles. The fourth-order valence-corrected chi connectivity index (χ4v) is 4.98. The lowest BCUT2D eigenvalue weighted by Gasteiger charge is -2.41. The number of carboxylic acids is 1. The lowest BCUT2D eigenvalue weighted by atomic mass is 9.63. The molecule has 0 amide bonds. The van der Waals surface area contributed by atoms with Gasteiger partial charge in [0.15, 0.2) is 0 Å². The Hall–Kier alpha value is -1.31. The summed E-state index contributed by atoms with van der Waals surface area (Å²) in [7, 11) is 0. The standard InChI is InChI=1S/C20H28O2/c21-20(22)19(16-11-5-2-6-12-16)18-14-8-7-13-17(18)15-9-3-1-4-10-15/h2,5-6,11-12,15,17-19H,1,3-4,7-10,13-14H2,(H,21,22)/t17-,18-,19-/m1/s1. The molecule has 0 bridgehead atoms. The topological polar surface area (TPSA) is 37.3 Å². The van der Waals surface area contributed by atoms with Gasteiger partial charge in [-0.25, -0.2) is 0 Å². The van der Waals surface area contributed by atoms with Crippen LogP contribution in [0.15, 0.2) is 30.3 Å². The molecule has 0 unspecified atom stereocenters. The minimum atomic E-state index is -0.626. The molecule has 2 aliphatic carbocycles. The normalized spacial score (nSPS) is 28.2. The molecule has 0 heterocycles. The second-order valence-electron chi connectivity index (χ2n) is 7.24. The highest BCUT2D eigenvalue weighted by atomic mass is 16.4. The summed E-state index contributed by atoms with van der Waals surface area (Å²) in [6, 6.07) is 9.94. The molecule has 120 valence electrons. The molecule has 1 N–H and O–H groups in total. The molecule has 2 heteroatoms. The van der Waals surface area contributed by atoms with Gasteiger partial charge in [0, 0.05) is 0 Å². The Kier molecular flexibility index (Phi) is 5.17. The average molecular weight is 300 g/mol. The fourth-order valence-electron chi connectivity index (χ4n) is 4.98. The van der Waals surface area contributed by atoms with Crippen LogP contribution in [-0.4, -0.2) is 11.1 Å². The van der Waals surface area contributed by atoms with Crippen molar-refractivity contribution in [2.24, 2.45) is 17.8 Å². The van der Waals surface area contributed by atoms with Crippen LogP contribution in [0.1, 0.15) is 69.3 Å². The number of carbonyl (C=O) groups is 1. The molecule has 0 aliphatic heterocycles. The van der Waals surface area contributed by atoms with Gasteiger partial charge in [0.1, 0.15) is 0 Å². The van der Waals surface area contributed by atoms with Crippen LogP contribution in [0.4, 0.5) is 0 Å². The minimum Gasteiger partial charge on any atom is -0.481 e. The third-order valence-corrected chi connectivity index (χ3v) is 5.98. The molecule has 0 spiro atoms. The summed E-state index contributed by atoms with van der Waals surface area (Å²) >= 11 is 0. The van der Waals surface area contributed by atoms with Crippen LogP contribution in [-0.2, 0) is 4.79 Å². The van der Waals surface area contributed by atoms with Gasteiger partial charge in [-0.2, -0.15) is 0 Å². The Labute approximate surface area is 133 Å². The molecule has 0 radical (unpaired) electrons. The van der Waals surface area contributed by atoms with Gasteiger partial charge in [-0.05, 0) is 36.2 Å². The van der Waals surface area contributed by atoms with Crippen LogP contribution in [0.2, 0.25) is 0 Å². The monoisotopic (exact) mass is 300 g/mol.